The molecule has 2 unspecified atom stereocenters. The van der Waals surface area contributed by atoms with Crippen LogP contribution in [0.3, 0.4) is 0 Å². The molecule has 2 atom stereocenters. The van der Waals surface area contributed by atoms with Gasteiger partial charge in [-0.05, 0) is 47.5 Å². The van der Waals surface area contributed by atoms with Gasteiger partial charge < -0.3 is 10.1 Å². The normalized spacial score (nSPS) is 22.4. The van der Waals surface area contributed by atoms with Gasteiger partial charge in [0.2, 0.25) is 9.84 Å². The van der Waals surface area contributed by atoms with Gasteiger partial charge in [0.15, 0.2) is 5.52 Å². The maximum absolute atomic E-state index is 13.1. The monoisotopic (exact) mass is 357 g/mol. The summed E-state index contributed by atoms with van der Waals surface area (Å²) in [5.41, 5.74) is 1.74. The van der Waals surface area contributed by atoms with Crippen LogP contribution in [0.25, 0.3) is 11.0 Å². The average Bonchev–Trinajstić information content (AvgIpc) is 3.24. The molecule has 25 heavy (non-hydrogen) atoms. The lowest BCUT2D eigenvalue weighted by molar-refractivity contribution is 0.176. The van der Waals surface area contributed by atoms with Crippen LogP contribution < -0.4 is 10.1 Å². The molecule has 8 heteroatoms. The Labute approximate surface area is 143 Å². The second-order valence-corrected chi connectivity index (χ2v) is 8.26. The zero-order valence-corrected chi connectivity index (χ0v) is 14.0. The van der Waals surface area contributed by atoms with E-state index in [0.29, 0.717) is 17.2 Å². The van der Waals surface area contributed by atoms with E-state index in [2.05, 4.69) is 20.3 Å². The van der Waals surface area contributed by atoms with Crippen LogP contribution in [0, 0.1) is 0 Å². The standard InChI is InChI=1S/C17H15N3O4S/c21-25(22,16-3-1-2-13-17(16)20-24-19-13)10-4-5-11-12-6-7-18-9-15(12)23-14(11)8-10/h1-5,8,12,15,18H,6-7,9H2. The van der Waals surface area contributed by atoms with E-state index in [0.717, 1.165) is 25.1 Å². The summed E-state index contributed by atoms with van der Waals surface area (Å²) in [6, 6.07) is 9.94. The van der Waals surface area contributed by atoms with Crippen LogP contribution in [-0.2, 0) is 9.84 Å². The van der Waals surface area contributed by atoms with Crippen LogP contribution in [0.4, 0.5) is 0 Å². The molecule has 128 valence electrons. The number of nitrogens with one attached hydrogen (secondary N) is 1. The van der Waals surface area contributed by atoms with Crippen molar-refractivity contribution < 1.29 is 17.8 Å². The highest BCUT2D eigenvalue weighted by Crippen LogP contribution is 2.43. The van der Waals surface area contributed by atoms with E-state index < -0.39 is 9.84 Å². The second-order valence-electron chi connectivity index (χ2n) is 6.35. The molecule has 3 aromatic rings. The fraction of sp³-hybridized carbons (Fsp3) is 0.294. The Morgan fingerprint density at radius 3 is 3.00 bits per heavy atom. The number of aromatic nitrogens is 2. The van der Waals surface area contributed by atoms with Crippen LogP contribution in [0.5, 0.6) is 5.75 Å². The van der Waals surface area contributed by atoms with E-state index in [-0.39, 0.29) is 21.4 Å². The molecule has 1 fully saturated rings. The van der Waals surface area contributed by atoms with Crippen molar-refractivity contribution in [1.82, 2.24) is 15.6 Å². The number of hydrogen-bond acceptors (Lipinski definition) is 7. The highest BCUT2D eigenvalue weighted by Gasteiger charge is 2.37. The van der Waals surface area contributed by atoms with E-state index in [1.807, 2.05) is 6.07 Å². The molecular formula is C17H15N3O4S. The van der Waals surface area contributed by atoms with Gasteiger partial charge in [-0.1, -0.05) is 12.1 Å². The Hall–Kier alpha value is -2.45. The van der Waals surface area contributed by atoms with Gasteiger partial charge in [-0.25, -0.2) is 13.0 Å². The number of ether oxygens (including phenoxy) is 1. The number of hydrogen-bond donors (Lipinski definition) is 1. The van der Waals surface area contributed by atoms with E-state index >= 15 is 0 Å². The molecule has 1 N–H and O–H groups in total. The van der Waals surface area contributed by atoms with Gasteiger partial charge in [-0.2, -0.15) is 0 Å². The smallest absolute Gasteiger partial charge is 0.209 e. The maximum Gasteiger partial charge on any atom is 0.209 e. The Morgan fingerprint density at radius 2 is 2.08 bits per heavy atom. The van der Waals surface area contributed by atoms with Crippen LogP contribution in [-0.4, -0.2) is 37.9 Å². The molecule has 3 heterocycles. The molecule has 2 aliphatic heterocycles. The molecule has 7 nitrogen and oxygen atoms in total. The fourth-order valence-electron chi connectivity index (χ4n) is 3.69. The molecule has 2 aromatic carbocycles. The quantitative estimate of drug-likeness (QED) is 0.748. The van der Waals surface area contributed by atoms with E-state index in [9.17, 15) is 8.42 Å². The fourth-order valence-corrected chi connectivity index (χ4v) is 5.11. The Kier molecular flexibility index (Phi) is 3.13. The van der Waals surface area contributed by atoms with Gasteiger partial charge in [0.1, 0.15) is 22.3 Å². The highest BCUT2D eigenvalue weighted by molar-refractivity contribution is 7.91. The van der Waals surface area contributed by atoms with Gasteiger partial charge in [-0.3, -0.25) is 0 Å². The SMILES string of the molecule is O=S(=O)(c1ccc2c(c1)OC1CNCCC21)c1cccc2nonc12. The lowest BCUT2D eigenvalue weighted by atomic mass is 9.90. The van der Waals surface area contributed by atoms with E-state index in [1.165, 1.54) is 6.07 Å². The summed E-state index contributed by atoms with van der Waals surface area (Å²) in [5.74, 6) is 0.987. The largest absolute Gasteiger partial charge is 0.488 e. The number of piperidine rings is 1. The van der Waals surface area contributed by atoms with Gasteiger partial charge in [0.05, 0.1) is 4.90 Å². The minimum Gasteiger partial charge on any atom is -0.488 e. The summed E-state index contributed by atoms with van der Waals surface area (Å²) in [6.45, 7) is 1.73. The van der Waals surface area contributed by atoms with Crippen molar-refractivity contribution in [1.29, 1.82) is 0 Å². The zero-order valence-electron chi connectivity index (χ0n) is 13.2. The molecule has 0 bridgehead atoms. The third kappa shape index (κ3) is 2.17. The molecule has 5 rings (SSSR count). The first-order chi connectivity index (χ1) is 12.1. The summed E-state index contributed by atoms with van der Waals surface area (Å²) < 4.78 is 36.8. The Bertz CT molecular complexity index is 1080. The van der Waals surface area contributed by atoms with Gasteiger partial charge in [0.25, 0.3) is 0 Å². The third-order valence-electron chi connectivity index (χ3n) is 4.94. The van der Waals surface area contributed by atoms with Crippen LogP contribution in [0.15, 0.2) is 50.8 Å². The molecular weight excluding hydrogens is 342 g/mol. The van der Waals surface area contributed by atoms with Crippen molar-refractivity contribution in [2.75, 3.05) is 13.1 Å². The summed E-state index contributed by atoms with van der Waals surface area (Å²) in [5, 5.41) is 10.8. The van der Waals surface area contributed by atoms with Crippen molar-refractivity contribution in [3.8, 4) is 5.75 Å². The topological polar surface area (TPSA) is 94.3 Å². The Morgan fingerprint density at radius 1 is 1.16 bits per heavy atom. The van der Waals surface area contributed by atoms with Crippen molar-refractivity contribution in [2.45, 2.75) is 28.2 Å². The van der Waals surface area contributed by atoms with Gasteiger partial charge >= 0.3 is 0 Å². The minimum atomic E-state index is -3.75. The number of sulfone groups is 1. The predicted octanol–water partition coefficient (Wildman–Crippen LogP) is 1.89. The van der Waals surface area contributed by atoms with Crippen LogP contribution in [0.2, 0.25) is 0 Å². The average molecular weight is 357 g/mol. The van der Waals surface area contributed by atoms with Crippen LogP contribution in [0.1, 0.15) is 17.9 Å². The minimum absolute atomic E-state index is 0.0740. The first-order valence-electron chi connectivity index (χ1n) is 8.12. The molecule has 0 aliphatic carbocycles. The van der Waals surface area contributed by atoms with Crippen molar-refractivity contribution in [2.24, 2.45) is 0 Å². The number of fused-ring (bicyclic) bond motifs is 4. The second kappa shape index (κ2) is 5.27. The summed E-state index contributed by atoms with van der Waals surface area (Å²) in [6.07, 6.45) is 1.07. The molecule has 0 radical (unpaired) electrons. The molecule has 1 aromatic heterocycles. The Balaban J connectivity index is 1.61. The number of nitrogens with zero attached hydrogens (tertiary/aromatic N) is 2. The zero-order chi connectivity index (χ0) is 17.0. The predicted molar refractivity (Wildman–Crippen MR) is 88.3 cm³/mol. The van der Waals surface area contributed by atoms with E-state index in [4.69, 9.17) is 4.74 Å². The molecule has 0 amide bonds. The summed E-state index contributed by atoms with van der Waals surface area (Å²) >= 11 is 0. The lowest BCUT2D eigenvalue weighted by Crippen LogP contribution is -2.39. The highest BCUT2D eigenvalue weighted by atomic mass is 32.2. The number of rotatable bonds is 2. The van der Waals surface area contributed by atoms with Crippen molar-refractivity contribution >= 4 is 20.9 Å². The third-order valence-corrected chi connectivity index (χ3v) is 6.72. The molecule has 2 aliphatic rings. The summed E-state index contributed by atoms with van der Waals surface area (Å²) in [4.78, 5) is 0.275. The van der Waals surface area contributed by atoms with E-state index in [1.54, 1.807) is 24.3 Å². The molecule has 0 saturated carbocycles. The first kappa shape index (κ1) is 14.9. The van der Waals surface area contributed by atoms with Crippen LogP contribution >= 0.6 is 0 Å². The van der Waals surface area contributed by atoms with Crippen molar-refractivity contribution in [3.63, 3.8) is 0 Å². The first-order valence-corrected chi connectivity index (χ1v) is 9.60. The molecule has 0 spiro atoms. The molecule has 1 saturated heterocycles. The summed E-state index contributed by atoms with van der Waals surface area (Å²) in [7, 11) is -3.75. The van der Waals surface area contributed by atoms with Crippen molar-refractivity contribution in [3.05, 3.63) is 42.0 Å². The van der Waals surface area contributed by atoms with Gasteiger partial charge in [0, 0.05) is 18.0 Å². The maximum atomic E-state index is 13.1. The lowest BCUT2D eigenvalue weighted by Gasteiger charge is -2.24. The van der Waals surface area contributed by atoms with Gasteiger partial charge in [-0.15, -0.1) is 0 Å². The number of benzene rings is 2.